The lowest BCUT2D eigenvalue weighted by molar-refractivity contribution is -0.152. The summed E-state index contributed by atoms with van der Waals surface area (Å²) in [5, 5.41) is 0. The molecular formula is C3H9NO2S. The van der Waals surface area contributed by atoms with Gasteiger partial charge in [0.1, 0.15) is 5.94 Å². The number of thiol groups is 1. The van der Waals surface area contributed by atoms with Crippen molar-refractivity contribution in [2.75, 3.05) is 12.5 Å². The molecule has 0 aliphatic heterocycles. The van der Waals surface area contributed by atoms with Crippen LogP contribution in [0.15, 0.2) is 0 Å². The van der Waals surface area contributed by atoms with Crippen LogP contribution in [0.25, 0.3) is 0 Å². The zero-order chi connectivity index (χ0) is 5.54. The van der Waals surface area contributed by atoms with Crippen molar-refractivity contribution in [3.63, 3.8) is 0 Å². The molecule has 0 unspecified atom stereocenters. The topological polar surface area (TPSA) is 30.5 Å². The fraction of sp³-hybridized carbons (Fsp3) is 1.00. The summed E-state index contributed by atoms with van der Waals surface area (Å²) in [4.78, 5) is 9.02. The van der Waals surface area contributed by atoms with Crippen molar-refractivity contribution in [3.8, 4) is 0 Å². The standard InChI is InChI=1S/C3H9NO2S/c1-2-5-4-6-3-7/h4,7H,2-3H2,1H3. The molecule has 0 spiro atoms. The van der Waals surface area contributed by atoms with E-state index >= 15 is 0 Å². The van der Waals surface area contributed by atoms with Crippen LogP contribution >= 0.6 is 12.6 Å². The van der Waals surface area contributed by atoms with Crippen LogP contribution in [0.2, 0.25) is 0 Å². The molecule has 0 atom stereocenters. The van der Waals surface area contributed by atoms with E-state index in [4.69, 9.17) is 0 Å². The molecule has 1 N–H and O–H groups in total. The molecular weight excluding hydrogens is 114 g/mol. The van der Waals surface area contributed by atoms with Gasteiger partial charge in [-0.05, 0) is 6.92 Å². The lowest BCUT2D eigenvalue weighted by Crippen LogP contribution is -2.13. The van der Waals surface area contributed by atoms with Crippen LogP contribution < -0.4 is 5.64 Å². The molecule has 0 heterocycles. The molecule has 0 saturated heterocycles. The van der Waals surface area contributed by atoms with Gasteiger partial charge in [0.2, 0.25) is 0 Å². The van der Waals surface area contributed by atoms with Crippen LogP contribution in [0.3, 0.4) is 0 Å². The van der Waals surface area contributed by atoms with E-state index in [-0.39, 0.29) is 0 Å². The summed E-state index contributed by atoms with van der Waals surface area (Å²) in [6.07, 6.45) is 0. The maximum Gasteiger partial charge on any atom is 0.114 e. The second kappa shape index (κ2) is 6.23. The van der Waals surface area contributed by atoms with E-state index in [9.17, 15) is 0 Å². The van der Waals surface area contributed by atoms with Gasteiger partial charge in [-0.2, -0.15) is 0 Å². The number of rotatable bonds is 4. The Bertz CT molecular complexity index is 32.1. The molecule has 0 saturated carbocycles. The molecule has 4 heteroatoms. The molecule has 0 aromatic heterocycles. The lowest BCUT2D eigenvalue weighted by atomic mass is 10.9. The van der Waals surface area contributed by atoms with Gasteiger partial charge in [0.25, 0.3) is 0 Å². The van der Waals surface area contributed by atoms with E-state index in [2.05, 4.69) is 27.9 Å². The van der Waals surface area contributed by atoms with Gasteiger partial charge in [0.15, 0.2) is 0 Å². The maximum atomic E-state index is 4.55. The second-order valence-electron chi connectivity index (χ2n) is 0.790. The van der Waals surface area contributed by atoms with Gasteiger partial charge in [-0.3, -0.25) is 9.68 Å². The third kappa shape index (κ3) is 6.23. The first-order valence-electron chi connectivity index (χ1n) is 2.01. The Morgan fingerprint density at radius 1 is 1.57 bits per heavy atom. The number of hydrogen-bond acceptors (Lipinski definition) is 4. The maximum absolute atomic E-state index is 4.55. The van der Waals surface area contributed by atoms with Crippen LogP contribution in [0.1, 0.15) is 6.92 Å². The highest BCUT2D eigenvalue weighted by Crippen LogP contribution is 1.70. The fourth-order valence-electron chi connectivity index (χ4n) is 0.127. The quantitative estimate of drug-likeness (QED) is 0.245. The van der Waals surface area contributed by atoms with Gasteiger partial charge in [-0.1, -0.05) is 5.64 Å². The predicted molar refractivity (Wildman–Crippen MR) is 29.7 cm³/mol. The minimum absolute atomic E-state index is 0.319. The predicted octanol–water partition coefficient (Wildman–Crippen LogP) is 0.346. The highest BCUT2D eigenvalue weighted by atomic mass is 32.1. The van der Waals surface area contributed by atoms with Gasteiger partial charge in [-0.25, -0.2) is 0 Å². The van der Waals surface area contributed by atoms with E-state index < -0.39 is 0 Å². The highest BCUT2D eigenvalue weighted by molar-refractivity contribution is 7.80. The average Bonchev–Trinajstić information content (AvgIpc) is 1.69. The molecule has 0 radical (unpaired) electrons. The first-order valence-corrected chi connectivity index (χ1v) is 2.64. The zero-order valence-electron chi connectivity index (χ0n) is 4.18. The van der Waals surface area contributed by atoms with E-state index in [0.717, 1.165) is 0 Å². The van der Waals surface area contributed by atoms with Crippen LogP contribution in [0.5, 0.6) is 0 Å². The molecule has 0 rings (SSSR count). The Morgan fingerprint density at radius 3 is 2.71 bits per heavy atom. The van der Waals surface area contributed by atoms with Crippen molar-refractivity contribution >= 4 is 12.6 Å². The van der Waals surface area contributed by atoms with E-state index in [0.29, 0.717) is 12.5 Å². The third-order valence-corrected chi connectivity index (χ3v) is 0.456. The lowest BCUT2D eigenvalue weighted by Gasteiger charge is -1.98. The fourth-order valence-corrected chi connectivity index (χ4v) is 0.180. The van der Waals surface area contributed by atoms with Crippen molar-refractivity contribution in [2.24, 2.45) is 0 Å². The second-order valence-corrected chi connectivity index (χ2v) is 1.05. The van der Waals surface area contributed by atoms with Crippen LogP contribution in [0.4, 0.5) is 0 Å². The largest absolute Gasteiger partial charge is 0.277 e. The molecule has 0 fully saturated rings. The Morgan fingerprint density at radius 2 is 2.29 bits per heavy atom. The normalized spacial score (nSPS) is 9.43. The smallest absolute Gasteiger partial charge is 0.114 e. The molecule has 0 aromatic carbocycles. The van der Waals surface area contributed by atoms with Crippen molar-refractivity contribution in [2.45, 2.75) is 6.92 Å². The average molecular weight is 123 g/mol. The molecule has 44 valence electrons. The molecule has 0 bridgehead atoms. The van der Waals surface area contributed by atoms with E-state index in [1.807, 2.05) is 6.92 Å². The van der Waals surface area contributed by atoms with Gasteiger partial charge in [-0.15, -0.1) is 12.6 Å². The Labute approximate surface area is 48.3 Å². The number of nitrogens with one attached hydrogen (secondary N) is 1. The van der Waals surface area contributed by atoms with Crippen LogP contribution in [-0.4, -0.2) is 12.5 Å². The van der Waals surface area contributed by atoms with Crippen molar-refractivity contribution in [1.82, 2.24) is 5.64 Å². The van der Waals surface area contributed by atoms with Gasteiger partial charge in [0.05, 0.1) is 6.61 Å². The van der Waals surface area contributed by atoms with Crippen molar-refractivity contribution in [3.05, 3.63) is 0 Å². The van der Waals surface area contributed by atoms with Gasteiger partial charge >= 0.3 is 0 Å². The molecule has 0 amide bonds. The molecule has 0 aliphatic rings. The first-order chi connectivity index (χ1) is 3.41. The van der Waals surface area contributed by atoms with Gasteiger partial charge < -0.3 is 0 Å². The molecule has 3 nitrogen and oxygen atoms in total. The SMILES string of the molecule is CCONOCS. The Balaban J connectivity index is 2.45. The third-order valence-electron chi connectivity index (χ3n) is 0.327. The first kappa shape index (κ1) is 7.23. The van der Waals surface area contributed by atoms with E-state index in [1.54, 1.807) is 0 Å². The minimum atomic E-state index is 0.319. The van der Waals surface area contributed by atoms with Crippen LogP contribution in [-0.2, 0) is 9.68 Å². The van der Waals surface area contributed by atoms with Crippen molar-refractivity contribution in [1.29, 1.82) is 0 Å². The highest BCUT2D eigenvalue weighted by Gasteiger charge is 1.74. The summed E-state index contributed by atoms with van der Waals surface area (Å²) >= 11 is 3.73. The summed E-state index contributed by atoms with van der Waals surface area (Å²) in [5.41, 5.74) is 2.21. The van der Waals surface area contributed by atoms with Crippen molar-refractivity contribution < 1.29 is 9.68 Å². The summed E-state index contributed by atoms with van der Waals surface area (Å²) in [6, 6.07) is 0. The van der Waals surface area contributed by atoms with Gasteiger partial charge in [0, 0.05) is 0 Å². The molecule has 0 aliphatic carbocycles. The Hall–Kier alpha value is 0.230. The van der Waals surface area contributed by atoms with E-state index in [1.165, 1.54) is 0 Å². The molecule has 0 aromatic rings. The summed E-state index contributed by atoms with van der Waals surface area (Å²) < 4.78 is 0. The number of hydrogen-bond donors (Lipinski definition) is 2. The monoisotopic (exact) mass is 123 g/mol. The summed E-state index contributed by atoms with van der Waals surface area (Å²) in [5.74, 6) is 0.319. The summed E-state index contributed by atoms with van der Waals surface area (Å²) in [7, 11) is 0. The molecule has 7 heavy (non-hydrogen) atoms. The minimum Gasteiger partial charge on any atom is -0.277 e. The summed E-state index contributed by atoms with van der Waals surface area (Å²) in [6.45, 7) is 2.45. The van der Waals surface area contributed by atoms with Crippen LogP contribution in [0, 0.1) is 0 Å². The zero-order valence-corrected chi connectivity index (χ0v) is 5.07. The Kier molecular flexibility index (Phi) is 6.43.